The minimum atomic E-state index is -1.02. The summed E-state index contributed by atoms with van der Waals surface area (Å²) >= 11 is 0. The number of carbonyl (C=O) groups is 4. The molecule has 0 unspecified atom stereocenters. The molecule has 3 aromatic rings. The molecule has 220 valence electrons. The molecule has 0 saturated carbocycles. The molecule has 0 bridgehead atoms. The van der Waals surface area contributed by atoms with Crippen LogP contribution in [0.4, 0.5) is 0 Å². The van der Waals surface area contributed by atoms with Crippen LogP contribution in [0.25, 0.3) is 0 Å². The van der Waals surface area contributed by atoms with Crippen LogP contribution in [0, 0.1) is 5.92 Å². The van der Waals surface area contributed by atoms with Crippen molar-refractivity contribution < 1.29 is 23.9 Å². The van der Waals surface area contributed by atoms with Crippen LogP contribution in [0.1, 0.15) is 54.3 Å². The largest absolute Gasteiger partial charge is 0.491 e. The first-order valence-corrected chi connectivity index (χ1v) is 14.0. The molecule has 0 aliphatic carbocycles. The Morgan fingerprint density at radius 2 is 1.76 bits per heavy atom. The molecule has 42 heavy (non-hydrogen) atoms. The molecule has 11 nitrogen and oxygen atoms in total. The number of aromatic nitrogens is 2. The Labute approximate surface area is 244 Å². The van der Waals surface area contributed by atoms with Crippen molar-refractivity contribution in [2.45, 2.75) is 51.2 Å². The molecule has 1 aliphatic rings. The molecular weight excluding hydrogens is 536 g/mol. The quantitative estimate of drug-likeness (QED) is 0.353. The second-order valence-electron chi connectivity index (χ2n) is 10.4. The zero-order valence-electron chi connectivity index (χ0n) is 23.7. The van der Waals surface area contributed by atoms with Gasteiger partial charge in [0.1, 0.15) is 24.4 Å². The van der Waals surface area contributed by atoms with Gasteiger partial charge in [0.2, 0.25) is 17.7 Å². The number of fused-ring (bicyclic) bond motifs is 1. The number of nitrogens with one attached hydrogen (secondary N) is 4. The molecule has 2 heterocycles. The Morgan fingerprint density at radius 3 is 2.50 bits per heavy atom. The fourth-order valence-electron chi connectivity index (χ4n) is 4.48. The zero-order valence-corrected chi connectivity index (χ0v) is 23.7. The summed E-state index contributed by atoms with van der Waals surface area (Å²) in [5.41, 5.74) is 1.57. The van der Waals surface area contributed by atoms with Crippen molar-refractivity contribution in [1.82, 2.24) is 31.2 Å². The van der Waals surface area contributed by atoms with Crippen LogP contribution < -0.4 is 26.0 Å². The van der Waals surface area contributed by atoms with Crippen molar-refractivity contribution in [2.24, 2.45) is 5.92 Å². The number of nitrogens with zero attached hydrogens (tertiary/aromatic N) is 2. The van der Waals surface area contributed by atoms with Gasteiger partial charge >= 0.3 is 0 Å². The van der Waals surface area contributed by atoms with Crippen LogP contribution in [-0.2, 0) is 20.8 Å². The Kier molecular flexibility index (Phi) is 10.6. The van der Waals surface area contributed by atoms with E-state index in [4.69, 9.17) is 4.74 Å². The fourth-order valence-corrected chi connectivity index (χ4v) is 4.48. The first-order valence-electron chi connectivity index (χ1n) is 14.0. The SMILES string of the molecule is CC(C)[C@@H]1COc2ccccc2C(=O)N[C@H](C(=O)NCCc2cnccn2)CCC(=O)N[C@@H](c2ccccc2)C(=O)N1. The van der Waals surface area contributed by atoms with Crippen LogP contribution in [0.3, 0.4) is 0 Å². The second kappa shape index (κ2) is 14.7. The van der Waals surface area contributed by atoms with E-state index in [1.165, 1.54) is 0 Å². The summed E-state index contributed by atoms with van der Waals surface area (Å²) in [6.45, 7) is 4.26. The van der Waals surface area contributed by atoms with E-state index in [1.807, 2.05) is 19.9 Å². The van der Waals surface area contributed by atoms with Crippen molar-refractivity contribution in [3.05, 3.63) is 90.0 Å². The summed E-state index contributed by atoms with van der Waals surface area (Å²) in [7, 11) is 0. The Morgan fingerprint density at radius 1 is 1.00 bits per heavy atom. The lowest BCUT2D eigenvalue weighted by Crippen LogP contribution is -2.49. The molecule has 0 saturated heterocycles. The lowest BCUT2D eigenvalue weighted by atomic mass is 10.0. The maximum atomic E-state index is 13.5. The lowest BCUT2D eigenvalue weighted by molar-refractivity contribution is -0.130. The highest BCUT2D eigenvalue weighted by Crippen LogP contribution is 2.21. The van der Waals surface area contributed by atoms with E-state index in [1.54, 1.807) is 67.1 Å². The molecular formula is C31H36N6O5. The molecule has 2 aromatic carbocycles. The summed E-state index contributed by atoms with van der Waals surface area (Å²) < 4.78 is 6.05. The van der Waals surface area contributed by atoms with Crippen LogP contribution in [0.15, 0.2) is 73.2 Å². The van der Waals surface area contributed by atoms with Gasteiger partial charge < -0.3 is 26.0 Å². The van der Waals surface area contributed by atoms with E-state index in [0.717, 1.165) is 0 Å². The number of hydrogen-bond donors (Lipinski definition) is 4. The third kappa shape index (κ3) is 8.35. The van der Waals surface area contributed by atoms with Crippen molar-refractivity contribution in [1.29, 1.82) is 0 Å². The highest BCUT2D eigenvalue weighted by molar-refractivity contribution is 6.00. The van der Waals surface area contributed by atoms with Gasteiger partial charge in [-0.3, -0.25) is 29.1 Å². The van der Waals surface area contributed by atoms with Gasteiger partial charge in [-0.05, 0) is 30.0 Å². The maximum absolute atomic E-state index is 13.5. The molecule has 1 aliphatic heterocycles. The molecule has 0 radical (unpaired) electrons. The van der Waals surface area contributed by atoms with Gasteiger partial charge in [0, 0.05) is 38.0 Å². The fraction of sp³-hybridized carbons (Fsp3) is 0.355. The van der Waals surface area contributed by atoms with Gasteiger partial charge in [0.15, 0.2) is 0 Å². The summed E-state index contributed by atoms with van der Waals surface area (Å²) in [6.07, 6.45) is 5.10. The number of benzene rings is 2. The predicted molar refractivity (Wildman–Crippen MR) is 155 cm³/mol. The Bertz CT molecular complexity index is 1370. The van der Waals surface area contributed by atoms with Gasteiger partial charge in [-0.25, -0.2) is 0 Å². The van der Waals surface area contributed by atoms with Gasteiger partial charge in [-0.15, -0.1) is 0 Å². The second-order valence-corrected chi connectivity index (χ2v) is 10.4. The standard InChI is InChI=1S/C31H36N6O5/c1-20(2)25-19-42-26-11-7-6-10-23(26)29(39)35-24(30(40)34-15-14-22-18-32-16-17-33-22)12-13-27(38)37-28(31(41)36-25)21-8-4-3-5-9-21/h3-11,16-18,20,24-25,28H,12-15,19H2,1-2H3,(H,34,40)(H,35,39)(H,36,41)(H,37,38)/t24-,25-,28-/m0/s1. The highest BCUT2D eigenvalue weighted by atomic mass is 16.5. The van der Waals surface area contributed by atoms with Crippen molar-refractivity contribution in [2.75, 3.05) is 13.2 Å². The van der Waals surface area contributed by atoms with Crippen molar-refractivity contribution in [3.63, 3.8) is 0 Å². The van der Waals surface area contributed by atoms with E-state index >= 15 is 0 Å². The predicted octanol–water partition coefficient (Wildman–Crippen LogP) is 2.10. The van der Waals surface area contributed by atoms with Crippen LogP contribution in [0.2, 0.25) is 0 Å². The van der Waals surface area contributed by atoms with E-state index in [0.29, 0.717) is 23.4 Å². The first kappa shape index (κ1) is 30.2. The number of carbonyl (C=O) groups excluding carboxylic acids is 4. The molecule has 4 rings (SSSR count). The summed E-state index contributed by atoms with van der Waals surface area (Å²) in [5, 5.41) is 11.4. The van der Waals surface area contributed by atoms with Gasteiger partial charge in [0.05, 0.1) is 17.3 Å². The molecule has 3 atom stereocenters. The maximum Gasteiger partial charge on any atom is 0.255 e. The number of hydrogen-bond acceptors (Lipinski definition) is 7. The Balaban J connectivity index is 1.59. The summed E-state index contributed by atoms with van der Waals surface area (Å²) in [4.78, 5) is 61.5. The normalized spacial score (nSPS) is 20.1. The lowest BCUT2D eigenvalue weighted by Gasteiger charge is -2.26. The van der Waals surface area contributed by atoms with Crippen LogP contribution in [-0.4, -0.2) is 58.8 Å². The molecule has 11 heteroatoms. The summed E-state index contributed by atoms with van der Waals surface area (Å²) in [5.74, 6) is -1.46. The number of amides is 4. The minimum Gasteiger partial charge on any atom is -0.491 e. The minimum absolute atomic E-state index is 0.00677. The molecule has 1 aromatic heterocycles. The zero-order chi connectivity index (χ0) is 29.9. The summed E-state index contributed by atoms with van der Waals surface area (Å²) in [6, 6.07) is 13.3. The van der Waals surface area contributed by atoms with Crippen LogP contribution >= 0.6 is 0 Å². The van der Waals surface area contributed by atoms with Crippen molar-refractivity contribution >= 4 is 23.6 Å². The number of rotatable bonds is 6. The average Bonchev–Trinajstić information content (AvgIpc) is 3.00. The monoisotopic (exact) mass is 572 g/mol. The van der Waals surface area contributed by atoms with Crippen LogP contribution in [0.5, 0.6) is 5.75 Å². The molecule has 0 spiro atoms. The third-order valence-corrected chi connectivity index (χ3v) is 6.96. The molecule has 4 N–H and O–H groups in total. The topological polar surface area (TPSA) is 151 Å². The van der Waals surface area contributed by atoms with E-state index < -0.39 is 35.8 Å². The third-order valence-electron chi connectivity index (χ3n) is 6.96. The van der Waals surface area contributed by atoms with E-state index in [2.05, 4.69) is 31.2 Å². The number of ether oxygens (including phenoxy) is 1. The van der Waals surface area contributed by atoms with Crippen molar-refractivity contribution in [3.8, 4) is 5.75 Å². The Hall–Kier alpha value is -4.80. The van der Waals surface area contributed by atoms with E-state index in [9.17, 15) is 19.2 Å². The van der Waals surface area contributed by atoms with Gasteiger partial charge in [0.25, 0.3) is 5.91 Å². The smallest absolute Gasteiger partial charge is 0.255 e. The van der Waals surface area contributed by atoms with Gasteiger partial charge in [-0.1, -0.05) is 56.3 Å². The first-order chi connectivity index (χ1) is 20.3. The molecule has 0 fully saturated rings. The molecule has 4 amide bonds. The number of para-hydroxylation sites is 1. The highest BCUT2D eigenvalue weighted by Gasteiger charge is 2.29. The van der Waals surface area contributed by atoms with E-state index in [-0.39, 0.29) is 43.4 Å². The average molecular weight is 573 g/mol. The van der Waals surface area contributed by atoms with Gasteiger partial charge in [-0.2, -0.15) is 0 Å².